The van der Waals surface area contributed by atoms with E-state index in [1.165, 1.54) is 5.56 Å². The zero-order chi connectivity index (χ0) is 21.6. The summed E-state index contributed by atoms with van der Waals surface area (Å²) >= 11 is 6.05. The van der Waals surface area contributed by atoms with Crippen LogP contribution in [0.25, 0.3) is 16.6 Å². The highest BCUT2D eigenvalue weighted by Crippen LogP contribution is 2.35. The number of aromatic nitrogens is 1. The highest BCUT2D eigenvalue weighted by atomic mass is 35.5. The number of nitrogens with one attached hydrogen (secondary N) is 1. The Morgan fingerprint density at radius 3 is 2.45 bits per heavy atom. The van der Waals surface area contributed by atoms with Gasteiger partial charge >= 0.3 is 0 Å². The fraction of sp³-hybridized carbons (Fsp3) is 0.125. The minimum absolute atomic E-state index is 0.199. The topological polar surface area (TPSA) is 62.9 Å². The van der Waals surface area contributed by atoms with Crippen LogP contribution in [0.2, 0.25) is 5.02 Å². The molecule has 4 aromatic rings. The van der Waals surface area contributed by atoms with Gasteiger partial charge in [-0.3, -0.25) is 0 Å². The van der Waals surface area contributed by atoms with Gasteiger partial charge < -0.3 is 4.40 Å². The summed E-state index contributed by atoms with van der Waals surface area (Å²) in [7, 11) is -3.72. The van der Waals surface area contributed by atoms with Crippen LogP contribution in [-0.2, 0) is 16.4 Å². The first-order valence-corrected chi connectivity index (χ1v) is 11.8. The van der Waals surface area contributed by atoms with E-state index in [-0.39, 0.29) is 4.90 Å². The summed E-state index contributed by atoms with van der Waals surface area (Å²) in [4.78, 5) is 2.62. The first kappa shape index (κ1) is 19.8. The number of benzene rings is 2. The minimum Gasteiger partial charge on any atom is -0.322 e. The Kier molecular flexibility index (Phi) is 4.84. The van der Waals surface area contributed by atoms with Crippen LogP contribution in [-0.4, -0.2) is 18.5 Å². The van der Waals surface area contributed by atoms with E-state index in [0.29, 0.717) is 11.4 Å². The second kappa shape index (κ2) is 7.55. The third kappa shape index (κ3) is 3.62. The lowest BCUT2D eigenvalue weighted by atomic mass is 9.91. The highest BCUT2D eigenvalue weighted by Gasteiger charge is 2.23. The van der Waals surface area contributed by atoms with E-state index in [0.717, 1.165) is 39.9 Å². The number of nitrogens with zero attached hydrogens (tertiary/aromatic N) is 2. The molecule has 1 aliphatic carbocycles. The highest BCUT2D eigenvalue weighted by molar-refractivity contribution is 7.89. The summed E-state index contributed by atoms with van der Waals surface area (Å²) in [6.07, 6.45) is 5.53. The van der Waals surface area contributed by atoms with Crippen LogP contribution in [0.15, 0.2) is 83.1 Å². The Morgan fingerprint density at radius 1 is 0.968 bits per heavy atom. The molecule has 0 saturated carbocycles. The molecular formula is C24H20ClN3O2S. The lowest BCUT2D eigenvalue weighted by Gasteiger charge is -2.17. The summed E-state index contributed by atoms with van der Waals surface area (Å²) in [6, 6.07) is 18.5. The Morgan fingerprint density at radius 2 is 1.71 bits per heavy atom. The summed E-state index contributed by atoms with van der Waals surface area (Å²) < 4.78 is 27.4. The molecule has 2 heterocycles. The molecule has 0 amide bonds. The molecule has 0 spiro atoms. The second-order valence-electron chi connectivity index (χ2n) is 7.67. The van der Waals surface area contributed by atoms with Crippen molar-refractivity contribution in [3.63, 3.8) is 0 Å². The van der Waals surface area contributed by atoms with Crippen molar-refractivity contribution in [1.29, 1.82) is 0 Å². The molecule has 156 valence electrons. The minimum atomic E-state index is -3.72. The number of rotatable bonds is 4. The Hall–Kier alpha value is -3.09. The standard InChI is InChI=1S/C24H20ClN3O2S/c1-16-4-10-19(11-5-16)31(29,30)27-26-23-13-12-20-22(17-6-8-18(25)9-7-17)15-28-14-2-3-21(23)24(20)28/h2-11,14-15,27H,12-13H2,1H3/b26-23-. The molecule has 0 atom stereocenters. The smallest absolute Gasteiger partial charge is 0.276 e. The Balaban J connectivity index is 1.54. The average molecular weight is 450 g/mol. The molecule has 7 heteroatoms. The normalized spacial score (nSPS) is 14.8. The van der Waals surface area contributed by atoms with Crippen LogP contribution < -0.4 is 4.83 Å². The van der Waals surface area contributed by atoms with E-state index in [4.69, 9.17) is 11.6 Å². The van der Waals surface area contributed by atoms with Crippen molar-refractivity contribution in [2.75, 3.05) is 0 Å². The molecule has 1 aliphatic rings. The monoisotopic (exact) mass is 449 g/mol. The molecule has 5 rings (SSSR count). The van der Waals surface area contributed by atoms with Gasteiger partial charge in [0.15, 0.2) is 0 Å². The molecule has 2 aromatic heterocycles. The third-order valence-electron chi connectivity index (χ3n) is 5.61. The van der Waals surface area contributed by atoms with Gasteiger partial charge in [-0.2, -0.15) is 18.4 Å². The molecule has 2 aromatic carbocycles. The van der Waals surface area contributed by atoms with Crippen molar-refractivity contribution in [2.45, 2.75) is 24.7 Å². The van der Waals surface area contributed by atoms with E-state index in [9.17, 15) is 8.42 Å². The fourth-order valence-electron chi connectivity index (χ4n) is 4.04. The summed E-state index contributed by atoms with van der Waals surface area (Å²) in [5.74, 6) is 0. The van der Waals surface area contributed by atoms with Crippen LogP contribution in [0.5, 0.6) is 0 Å². The maximum atomic E-state index is 12.7. The number of sulfonamides is 1. The summed E-state index contributed by atoms with van der Waals surface area (Å²) in [5.41, 5.74) is 7.23. The van der Waals surface area contributed by atoms with Crippen LogP contribution in [0.3, 0.4) is 0 Å². The Labute approximate surface area is 186 Å². The summed E-state index contributed by atoms with van der Waals surface area (Å²) in [5, 5.41) is 5.02. The second-order valence-corrected chi connectivity index (χ2v) is 9.77. The van der Waals surface area contributed by atoms with E-state index < -0.39 is 10.0 Å². The van der Waals surface area contributed by atoms with E-state index in [2.05, 4.69) is 20.5 Å². The van der Waals surface area contributed by atoms with Crippen molar-refractivity contribution in [3.05, 3.63) is 94.8 Å². The zero-order valence-corrected chi connectivity index (χ0v) is 18.4. The van der Waals surface area contributed by atoms with Gasteiger partial charge in [0.1, 0.15) is 0 Å². The molecule has 5 nitrogen and oxygen atoms in total. The van der Waals surface area contributed by atoms with E-state index in [1.807, 2.05) is 49.5 Å². The molecule has 0 aliphatic heterocycles. The first-order chi connectivity index (χ1) is 14.9. The molecule has 0 unspecified atom stereocenters. The van der Waals surface area contributed by atoms with Crippen LogP contribution >= 0.6 is 11.6 Å². The van der Waals surface area contributed by atoms with Crippen LogP contribution in [0, 0.1) is 6.92 Å². The summed E-state index contributed by atoms with van der Waals surface area (Å²) in [6.45, 7) is 1.92. The van der Waals surface area contributed by atoms with Crippen molar-refractivity contribution in [1.82, 2.24) is 9.23 Å². The van der Waals surface area contributed by atoms with Gasteiger partial charge in [-0.1, -0.05) is 41.4 Å². The van der Waals surface area contributed by atoms with Crippen LogP contribution in [0.1, 0.15) is 23.1 Å². The number of aryl methyl sites for hydroxylation is 2. The maximum Gasteiger partial charge on any atom is 0.276 e. The van der Waals surface area contributed by atoms with Gasteiger partial charge in [0.25, 0.3) is 10.0 Å². The Bertz CT molecular complexity index is 1420. The average Bonchev–Trinajstić information content (AvgIpc) is 3.14. The van der Waals surface area contributed by atoms with Crippen molar-refractivity contribution in [3.8, 4) is 11.1 Å². The maximum absolute atomic E-state index is 12.7. The number of hydrogen-bond acceptors (Lipinski definition) is 3. The SMILES string of the molecule is Cc1ccc(S(=O)(=O)N/N=C2/CCc3c(-c4ccc(Cl)cc4)cn4cccc2c34)cc1. The van der Waals surface area contributed by atoms with Gasteiger partial charge in [0.05, 0.1) is 16.1 Å². The lowest BCUT2D eigenvalue weighted by Crippen LogP contribution is -2.22. The number of hydrogen-bond donors (Lipinski definition) is 1. The quantitative estimate of drug-likeness (QED) is 0.435. The fourth-order valence-corrected chi connectivity index (χ4v) is 4.99. The zero-order valence-electron chi connectivity index (χ0n) is 16.8. The number of hydrazone groups is 1. The molecule has 0 fully saturated rings. The van der Waals surface area contributed by atoms with E-state index in [1.54, 1.807) is 24.3 Å². The van der Waals surface area contributed by atoms with Crippen molar-refractivity contribution < 1.29 is 8.42 Å². The predicted molar refractivity (Wildman–Crippen MR) is 124 cm³/mol. The van der Waals surface area contributed by atoms with Gasteiger partial charge in [0.2, 0.25) is 0 Å². The molecule has 1 N–H and O–H groups in total. The van der Waals surface area contributed by atoms with Gasteiger partial charge in [0, 0.05) is 28.5 Å². The van der Waals surface area contributed by atoms with Gasteiger partial charge in [-0.15, -0.1) is 0 Å². The number of pyridine rings is 1. The molecule has 0 bridgehead atoms. The molecule has 0 saturated heterocycles. The van der Waals surface area contributed by atoms with Crippen molar-refractivity contribution in [2.24, 2.45) is 5.10 Å². The third-order valence-corrected chi connectivity index (χ3v) is 7.09. The largest absolute Gasteiger partial charge is 0.322 e. The van der Waals surface area contributed by atoms with E-state index >= 15 is 0 Å². The van der Waals surface area contributed by atoms with Crippen molar-refractivity contribution >= 4 is 32.9 Å². The van der Waals surface area contributed by atoms with Gasteiger partial charge in [-0.05, 0) is 67.3 Å². The van der Waals surface area contributed by atoms with Crippen LogP contribution in [0.4, 0.5) is 0 Å². The molecule has 31 heavy (non-hydrogen) atoms. The molecular weight excluding hydrogens is 430 g/mol. The first-order valence-electron chi connectivity index (χ1n) is 9.96. The molecule has 0 radical (unpaired) electrons. The lowest BCUT2D eigenvalue weighted by molar-refractivity contribution is 0.584. The van der Waals surface area contributed by atoms with Gasteiger partial charge in [-0.25, -0.2) is 0 Å². The number of halogens is 1. The predicted octanol–water partition coefficient (Wildman–Crippen LogP) is 5.20.